The number of nitrogens with zero attached hydrogens (tertiary/aromatic N) is 2. The van der Waals surface area contributed by atoms with Gasteiger partial charge >= 0.3 is 6.03 Å². The lowest BCUT2D eigenvalue weighted by molar-refractivity contribution is -0.121. The van der Waals surface area contributed by atoms with E-state index >= 15 is 0 Å². The third-order valence-electron chi connectivity index (χ3n) is 5.55. The van der Waals surface area contributed by atoms with Gasteiger partial charge in [0, 0.05) is 37.6 Å². The SMILES string of the molecule is CCN(CC)S(=O)(=O)c1cccc(NC(=O)C2CCCN(C(=O)Nc3ccccc3)C2)c1. The molecule has 2 N–H and O–H groups in total. The number of hydrogen-bond donors (Lipinski definition) is 2. The number of likely N-dealkylation sites (tertiary alicyclic amines) is 1. The molecule has 1 fully saturated rings. The maximum atomic E-state index is 12.9. The van der Waals surface area contributed by atoms with Gasteiger partial charge in [0.1, 0.15) is 0 Å². The summed E-state index contributed by atoms with van der Waals surface area (Å²) in [7, 11) is -3.61. The van der Waals surface area contributed by atoms with Crippen LogP contribution in [0, 0.1) is 5.92 Å². The van der Waals surface area contributed by atoms with E-state index in [4.69, 9.17) is 0 Å². The molecular weight excluding hydrogens is 428 g/mol. The molecule has 0 aliphatic carbocycles. The molecule has 0 saturated carbocycles. The topological polar surface area (TPSA) is 98.8 Å². The maximum absolute atomic E-state index is 12.9. The molecule has 3 rings (SSSR count). The highest BCUT2D eigenvalue weighted by Gasteiger charge is 2.29. The summed E-state index contributed by atoms with van der Waals surface area (Å²) in [6.07, 6.45) is 1.38. The monoisotopic (exact) mass is 458 g/mol. The van der Waals surface area contributed by atoms with Gasteiger partial charge in [0.15, 0.2) is 0 Å². The summed E-state index contributed by atoms with van der Waals surface area (Å²) in [5.74, 6) is -0.590. The average Bonchev–Trinajstić information content (AvgIpc) is 2.80. The van der Waals surface area contributed by atoms with Gasteiger partial charge in [0.05, 0.1) is 10.8 Å². The van der Waals surface area contributed by atoms with Crippen LogP contribution in [0.3, 0.4) is 0 Å². The van der Waals surface area contributed by atoms with Crippen molar-refractivity contribution >= 4 is 33.3 Å². The molecule has 3 amide bonds. The molecule has 0 aromatic heterocycles. The summed E-state index contributed by atoms with van der Waals surface area (Å²) >= 11 is 0. The molecule has 0 radical (unpaired) electrons. The van der Waals surface area contributed by atoms with E-state index in [0.29, 0.717) is 44.0 Å². The lowest BCUT2D eigenvalue weighted by atomic mass is 9.97. The van der Waals surface area contributed by atoms with E-state index in [1.807, 2.05) is 30.3 Å². The molecule has 1 aliphatic heterocycles. The molecule has 9 heteroatoms. The number of amides is 3. The van der Waals surface area contributed by atoms with Crippen LogP contribution in [0.4, 0.5) is 16.2 Å². The predicted octanol–water partition coefficient (Wildman–Crippen LogP) is 3.60. The fourth-order valence-corrected chi connectivity index (χ4v) is 5.30. The van der Waals surface area contributed by atoms with Crippen molar-refractivity contribution in [3.8, 4) is 0 Å². The van der Waals surface area contributed by atoms with Gasteiger partial charge in [0.2, 0.25) is 15.9 Å². The van der Waals surface area contributed by atoms with Crippen molar-refractivity contribution in [1.82, 2.24) is 9.21 Å². The zero-order chi connectivity index (χ0) is 23.1. The molecule has 8 nitrogen and oxygen atoms in total. The zero-order valence-corrected chi connectivity index (χ0v) is 19.3. The summed E-state index contributed by atoms with van der Waals surface area (Å²) in [5, 5.41) is 5.68. The van der Waals surface area contributed by atoms with Crippen LogP contribution in [0.25, 0.3) is 0 Å². The number of anilines is 2. The average molecular weight is 459 g/mol. The number of urea groups is 1. The number of sulfonamides is 1. The van der Waals surface area contributed by atoms with Crippen molar-refractivity contribution < 1.29 is 18.0 Å². The van der Waals surface area contributed by atoms with Crippen LogP contribution >= 0.6 is 0 Å². The zero-order valence-electron chi connectivity index (χ0n) is 18.5. The lowest BCUT2D eigenvalue weighted by Gasteiger charge is -2.32. The van der Waals surface area contributed by atoms with Crippen LogP contribution in [-0.2, 0) is 14.8 Å². The highest BCUT2D eigenvalue weighted by atomic mass is 32.2. The Balaban J connectivity index is 1.65. The minimum Gasteiger partial charge on any atom is -0.326 e. The third-order valence-corrected chi connectivity index (χ3v) is 7.60. The van der Waals surface area contributed by atoms with Gasteiger partial charge in [-0.1, -0.05) is 38.1 Å². The summed E-state index contributed by atoms with van der Waals surface area (Å²) in [6.45, 7) is 5.21. The lowest BCUT2D eigenvalue weighted by Crippen LogP contribution is -2.45. The van der Waals surface area contributed by atoms with Gasteiger partial charge in [-0.25, -0.2) is 13.2 Å². The summed E-state index contributed by atoms with van der Waals surface area (Å²) in [5.41, 5.74) is 1.13. The smallest absolute Gasteiger partial charge is 0.321 e. The van der Waals surface area contributed by atoms with Gasteiger partial charge < -0.3 is 15.5 Å². The minimum absolute atomic E-state index is 0.145. The third kappa shape index (κ3) is 5.66. The van der Waals surface area contributed by atoms with E-state index < -0.39 is 10.0 Å². The number of rotatable bonds is 7. The first kappa shape index (κ1) is 23.7. The van der Waals surface area contributed by atoms with E-state index in [-0.39, 0.29) is 22.8 Å². The Labute approximate surface area is 189 Å². The summed E-state index contributed by atoms with van der Waals surface area (Å²) < 4.78 is 26.9. The summed E-state index contributed by atoms with van der Waals surface area (Å²) in [6, 6.07) is 15.2. The molecule has 1 unspecified atom stereocenters. The first-order valence-electron chi connectivity index (χ1n) is 10.9. The van der Waals surface area contributed by atoms with Crippen LogP contribution in [0.1, 0.15) is 26.7 Å². The maximum Gasteiger partial charge on any atom is 0.321 e. The molecule has 1 aliphatic rings. The van der Waals surface area contributed by atoms with Crippen LogP contribution in [0.15, 0.2) is 59.5 Å². The molecular formula is C23H30N4O4S. The Kier molecular flexibility index (Phi) is 7.87. The molecule has 0 spiro atoms. The van der Waals surface area contributed by atoms with E-state index in [2.05, 4.69) is 10.6 Å². The molecule has 0 bridgehead atoms. The molecule has 1 atom stereocenters. The van der Waals surface area contributed by atoms with Crippen LogP contribution < -0.4 is 10.6 Å². The van der Waals surface area contributed by atoms with Crippen molar-refractivity contribution in [2.24, 2.45) is 5.92 Å². The van der Waals surface area contributed by atoms with Crippen molar-refractivity contribution in [2.75, 3.05) is 36.8 Å². The van der Waals surface area contributed by atoms with Crippen molar-refractivity contribution in [2.45, 2.75) is 31.6 Å². The highest BCUT2D eigenvalue weighted by molar-refractivity contribution is 7.89. The van der Waals surface area contributed by atoms with Crippen LogP contribution in [0.2, 0.25) is 0 Å². The van der Waals surface area contributed by atoms with Gasteiger partial charge in [0.25, 0.3) is 0 Å². The fourth-order valence-electron chi connectivity index (χ4n) is 3.79. The van der Waals surface area contributed by atoms with Crippen molar-refractivity contribution in [1.29, 1.82) is 0 Å². The van der Waals surface area contributed by atoms with Crippen molar-refractivity contribution in [3.05, 3.63) is 54.6 Å². The minimum atomic E-state index is -3.61. The molecule has 172 valence electrons. The quantitative estimate of drug-likeness (QED) is 0.662. The number of nitrogens with one attached hydrogen (secondary N) is 2. The normalized spacial score (nSPS) is 16.6. The summed E-state index contributed by atoms with van der Waals surface area (Å²) in [4.78, 5) is 27.2. The van der Waals surface area contributed by atoms with Crippen LogP contribution in [-0.4, -0.2) is 55.7 Å². The Bertz CT molecular complexity index is 1040. The predicted molar refractivity (Wildman–Crippen MR) is 125 cm³/mol. The Morgan fingerprint density at radius 3 is 2.38 bits per heavy atom. The number of carbonyl (C=O) groups is 2. The number of hydrogen-bond acceptors (Lipinski definition) is 4. The van der Waals surface area contributed by atoms with Gasteiger partial charge in [-0.05, 0) is 43.2 Å². The molecule has 2 aromatic carbocycles. The Hall–Kier alpha value is -2.91. The Morgan fingerprint density at radius 1 is 1.00 bits per heavy atom. The van der Waals surface area contributed by atoms with E-state index in [1.54, 1.807) is 30.9 Å². The van der Waals surface area contributed by atoms with Gasteiger partial charge in [-0.3, -0.25) is 4.79 Å². The molecule has 1 saturated heterocycles. The first-order valence-corrected chi connectivity index (χ1v) is 12.3. The standard InChI is InChI=1S/C23H30N4O4S/c1-3-27(4-2)32(30,31)21-14-8-13-20(16-21)24-22(28)18-10-9-15-26(17-18)23(29)25-19-11-6-5-7-12-19/h5-8,11-14,16,18H,3-4,9-10,15,17H2,1-2H3,(H,24,28)(H,25,29). The van der Waals surface area contributed by atoms with E-state index in [1.165, 1.54) is 16.4 Å². The van der Waals surface area contributed by atoms with E-state index in [9.17, 15) is 18.0 Å². The first-order chi connectivity index (χ1) is 15.3. The van der Waals surface area contributed by atoms with Crippen molar-refractivity contribution in [3.63, 3.8) is 0 Å². The molecule has 2 aromatic rings. The second-order valence-electron chi connectivity index (χ2n) is 7.69. The molecule has 1 heterocycles. The largest absolute Gasteiger partial charge is 0.326 e. The highest BCUT2D eigenvalue weighted by Crippen LogP contribution is 2.23. The fraction of sp³-hybridized carbons (Fsp3) is 0.391. The van der Waals surface area contributed by atoms with E-state index in [0.717, 1.165) is 6.42 Å². The van der Waals surface area contributed by atoms with Gasteiger partial charge in [-0.2, -0.15) is 4.31 Å². The number of carbonyl (C=O) groups excluding carboxylic acids is 2. The van der Waals surface area contributed by atoms with Gasteiger partial charge in [-0.15, -0.1) is 0 Å². The second-order valence-corrected chi connectivity index (χ2v) is 9.63. The Morgan fingerprint density at radius 2 is 1.69 bits per heavy atom. The number of para-hydroxylation sites is 1. The van der Waals surface area contributed by atoms with Crippen LogP contribution in [0.5, 0.6) is 0 Å². The number of piperidine rings is 1. The number of benzene rings is 2. The molecule has 32 heavy (non-hydrogen) atoms. The second kappa shape index (κ2) is 10.6.